The molecule has 5 heteroatoms. The quantitative estimate of drug-likeness (QED) is 0.435. The van der Waals surface area contributed by atoms with Crippen molar-refractivity contribution in [2.75, 3.05) is 25.0 Å². The van der Waals surface area contributed by atoms with Crippen LogP contribution in [0, 0.1) is 5.92 Å². The Hall–Kier alpha value is -2.01. The zero-order valence-corrected chi connectivity index (χ0v) is 19.7. The molecule has 1 aromatic carbocycles. The smallest absolute Gasteiger partial charge is 0.252 e. The Balaban J connectivity index is 1.08. The van der Waals surface area contributed by atoms with Gasteiger partial charge in [-0.15, -0.1) is 0 Å². The van der Waals surface area contributed by atoms with E-state index in [0.717, 1.165) is 56.8 Å². The van der Waals surface area contributed by atoms with Crippen molar-refractivity contribution < 1.29 is 8.78 Å². The maximum atomic E-state index is 15.0. The summed E-state index contributed by atoms with van der Waals surface area (Å²) in [6.07, 6.45) is 8.79. The Morgan fingerprint density at radius 1 is 1.03 bits per heavy atom. The number of nitrogens with zero attached hydrogens (tertiary/aromatic N) is 2. The number of hydrogen-bond acceptors (Lipinski definition) is 3. The predicted octanol–water partition coefficient (Wildman–Crippen LogP) is 6.58. The summed E-state index contributed by atoms with van der Waals surface area (Å²) in [7, 11) is 0. The van der Waals surface area contributed by atoms with Gasteiger partial charge >= 0.3 is 0 Å². The molecule has 1 saturated heterocycles. The fraction of sp³-hybridized carbons (Fsp3) is 0.607. The molecule has 0 spiro atoms. The molecule has 2 fully saturated rings. The molecule has 33 heavy (non-hydrogen) atoms. The van der Waals surface area contributed by atoms with Crippen LogP contribution < -0.4 is 5.32 Å². The molecule has 1 aromatic heterocycles. The summed E-state index contributed by atoms with van der Waals surface area (Å²) < 4.78 is 30.0. The summed E-state index contributed by atoms with van der Waals surface area (Å²) in [6, 6.07) is 12.9. The van der Waals surface area contributed by atoms with Crippen molar-refractivity contribution >= 4 is 5.82 Å². The van der Waals surface area contributed by atoms with Crippen molar-refractivity contribution in [3.8, 4) is 0 Å². The highest BCUT2D eigenvalue weighted by Gasteiger charge is 2.42. The van der Waals surface area contributed by atoms with Crippen molar-refractivity contribution in [1.82, 2.24) is 9.88 Å². The average Bonchev–Trinajstić information content (AvgIpc) is 3.26. The first kappa shape index (κ1) is 22.8. The van der Waals surface area contributed by atoms with E-state index in [1.165, 1.54) is 36.0 Å². The monoisotopic (exact) mass is 453 g/mol. The lowest BCUT2D eigenvalue weighted by molar-refractivity contribution is -0.0630. The fourth-order valence-corrected chi connectivity index (χ4v) is 5.74. The van der Waals surface area contributed by atoms with Crippen LogP contribution in [-0.2, 0) is 19.4 Å². The van der Waals surface area contributed by atoms with E-state index in [1.54, 1.807) is 0 Å². The third kappa shape index (κ3) is 5.40. The minimum absolute atomic E-state index is 0.00659. The number of likely N-dealkylation sites (tertiary alicyclic amines) is 1. The molecule has 1 unspecified atom stereocenters. The fourth-order valence-electron chi connectivity index (χ4n) is 5.74. The van der Waals surface area contributed by atoms with Crippen LogP contribution in [0.25, 0.3) is 0 Å². The number of unbranched alkanes of at least 4 members (excludes halogenated alkanes) is 1. The van der Waals surface area contributed by atoms with Crippen LogP contribution >= 0.6 is 0 Å². The average molecular weight is 454 g/mol. The Morgan fingerprint density at radius 3 is 2.76 bits per heavy atom. The lowest BCUT2D eigenvalue weighted by atomic mass is 9.78. The number of benzene rings is 1. The Bertz CT molecular complexity index is 940. The van der Waals surface area contributed by atoms with E-state index in [-0.39, 0.29) is 6.42 Å². The third-order valence-corrected chi connectivity index (χ3v) is 8.01. The van der Waals surface area contributed by atoms with E-state index in [2.05, 4.69) is 46.6 Å². The Kier molecular flexibility index (Phi) is 6.96. The van der Waals surface area contributed by atoms with Crippen LogP contribution in [-0.4, -0.2) is 35.4 Å². The van der Waals surface area contributed by atoms with E-state index in [0.29, 0.717) is 25.3 Å². The number of anilines is 1. The number of alkyl halides is 2. The lowest BCUT2D eigenvalue weighted by Gasteiger charge is -2.29. The summed E-state index contributed by atoms with van der Waals surface area (Å²) in [5.74, 6) is -1.41. The number of rotatable bonds is 9. The number of aromatic nitrogens is 1. The molecule has 1 aliphatic carbocycles. The predicted molar refractivity (Wildman–Crippen MR) is 130 cm³/mol. The van der Waals surface area contributed by atoms with Crippen molar-refractivity contribution in [3.63, 3.8) is 0 Å². The van der Waals surface area contributed by atoms with Gasteiger partial charge < -0.3 is 5.32 Å². The van der Waals surface area contributed by atoms with Gasteiger partial charge in [-0.05, 0) is 86.6 Å². The first-order valence-electron chi connectivity index (χ1n) is 13.0. The molecule has 0 radical (unpaired) electrons. The molecule has 0 amide bonds. The summed E-state index contributed by atoms with van der Waals surface area (Å²) >= 11 is 0. The second-order valence-corrected chi connectivity index (χ2v) is 10.4. The molecule has 1 N–H and O–H groups in total. The molecule has 178 valence electrons. The SMILES string of the molecule is FC(F)(CCCCc1ccc2c(n1)NCCC2)C1CCN(Cc2ccccc2C2CCC2)C1. The summed E-state index contributed by atoms with van der Waals surface area (Å²) in [5, 5.41) is 3.36. The number of pyridine rings is 1. The molecular formula is C28H37F2N3. The van der Waals surface area contributed by atoms with Gasteiger partial charge in [0.05, 0.1) is 0 Å². The first-order chi connectivity index (χ1) is 16.1. The van der Waals surface area contributed by atoms with E-state index < -0.39 is 11.8 Å². The highest BCUT2D eigenvalue weighted by atomic mass is 19.3. The highest BCUT2D eigenvalue weighted by Crippen LogP contribution is 2.40. The molecule has 3 nitrogen and oxygen atoms in total. The molecular weight excluding hydrogens is 416 g/mol. The van der Waals surface area contributed by atoms with E-state index in [9.17, 15) is 0 Å². The molecule has 1 saturated carbocycles. The van der Waals surface area contributed by atoms with Crippen molar-refractivity contribution in [1.29, 1.82) is 0 Å². The minimum Gasteiger partial charge on any atom is -0.370 e. The summed E-state index contributed by atoms with van der Waals surface area (Å²) in [5.41, 5.74) is 5.09. The number of nitrogens with one attached hydrogen (secondary N) is 1. The molecule has 3 heterocycles. The van der Waals surface area contributed by atoms with Gasteiger partial charge in [-0.1, -0.05) is 36.8 Å². The zero-order chi connectivity index (χ0) is 22.7. The largest absolute Gasteiger partial charge is 0.370 e. The van der Waals surface area contributed by atoms with E-state index >= 15 is 8.78 Å². The number of aryl methyl sites for hydroxylation is 2. The maximum absolute atomic E-state index is 15.0. The van der Waals surface area contributed by atoms with Gasteiger partial charge in [-0.2, -0.15) is 0 Å². The van der Waals surface area contributed by atoms with Crippen LogP contribution in [0.2, 0.25) is 0 Å². The van der Waals surface area contributed by atoms with E-state index in [1.807, 2.05) is 0 Å². The first-order valence-corrected chi connectivity index (χ1v) is 13.0. The number of halogens is 2. The van der Waals surface area contributed by atoms with Gasteiger partial charge in [0, 0.05) is 37.7 Å². The summed E-state index contributed by atoms with van der Waals surface area (Å²) in [6.45, 7) is 3.09. The van der Waals surface area contributed by atoms with Crippen LogP contribution in [0.3, 0.4) is 0 Å². The second kappa shape index (κ2) is 10.1. The zero-order valence-electron chi connectivity index (χ0n) is 19.7. The standard InChI is InChI=1S/C28H37F2N3/c29-28(30,16-4-3-11-25-14-13-22-10-6-17-31-27(22)32-25)24-15-18-33(20-24)19-23-7-1-2-12-26(23)21-8-5-9-21/h1-2,7,12-14,21,24H,3-6,8-11,15-20H2,(H,31,32). The van der Waals surface area contributed by atoms with Crippen LogP contribution in [0.5, 0.6) is 0 Å². The van der Waals surface area contributed by atoms with Crippen molar-refractivity contribution in [3.05, 3.63) is 58.8 Å². The second-order valence-electron chi connectivity index (χ2n) is 10.4. The Labute approximate surface area is 197 Å². The topological polar surface area (TPSA) is 28.2 Å². The highest BCUT2D eigenvalue weighted by molar-refractivity contribution is 5.47. The lowest BCUT2D eigenvalue weighted by Crippen LogP contribution is -2.31. The molecule has 5 rings (SSSR count). The maximum Gasteiger partial charge on any atom is 0.252 e. The number of hydrogen-bond donors (Lipinski definition) is 1. The molecule has 1 atom stereocenters. The summed E-state index contributed by atoms with van der Waals surface area (Å²) in [4.78, 5) is 6.95. The van der Waals surface area contributed by atoms with Crippen molar-refractivity contribution in [2.45, 2.75) is 82.6 Å². The van der Waals surface area contributed by atoms with Crippen LogP contribution in [0.15, 0.2) is 36.4 Å². The molecule has 3 aliphatic rings. The van der Waals surface area contributed by atoms with Gasteiger partial charge in [-0.25, -0.2) is 13.8 Å². The van der Waals surface area contributed by atoms with Gasteiger partial charge in [0.2, 0.25) is 0 Å². The van der Waals surface area contributed by atoms with Crippen molar-refractivity contribution in [2.24, 2.45) is 5.92 Å². The van der Waals surface area contributed by atoms with Gasteiger partial charge in [0.1, 0.15) is 5.82 Å². The normalized spacial score (nSPS) is 21.5. The third-order valence-electron chi connectivity index (χ3n) is 8.01. The minimum atomic E-state index is -2.58. The molecule has 2 aliphatic heterocycles. The Morgan fingerprint density at radius 2 is 1.91 bits per heavy atom. The van der Waals surface area contributed by atoms with E-state index in [4.69, 9.17) is 4.98 Å². The van der Waals surface area contributed by atoms with Crippen LogP contribution in [0.1, 0.15) is 79.7 Å². The van der Waals surface area contributed by atoms with Crippen LogP contribution in [0.4, 0.5) is 14.6 Å². The number of fused-ring (bicyclic) bond motifs is 1. The van der Waals surface area contributed by atoms with Gasteiger partial charge in [0.25, 0.3) is 5.92 Å². The van der Waals surface area contributed by atoms with Gasteiger partial charge in [0.15, 0.2) is 0 Å². The molecule has 2 aromatic rings. The van der Waals surface area contributed by atoms with Gasteiger partial charge in [-0.3, -0.25) is 4.90 Å². The molecule has 0 bridgehead atoms.